The Labute approximate surface area is 200 Å². The number of aromatic nitrogens is 1. The van der Waals surface area contributed by atoms with Gasteiger partial charge in [0.15, 0.2) is 5.13 Å². The van der Waals surface area contributed by atoms with E-state index < -0.39 is 10.0 Å². The fourth-order valence-electron chi connectivity index (χ4n) is 3.39. The molecule has 32 heavy (non-hydrogen) atoms. The Morgan fingerprint density at radius 2 is 1.53 bits per heavy atom. The highest BCUT2D eigenvalue weighted by molar-refractivity contribution is 7.93. The normalized spacial score (nSPS) is 14.5. The van der Waals surface area contributed by atoms with Crippen molar-refractivity contribution in [3.8, 4) is 0 Å². The summed E-state index contributed by atoms with van der Waals surface area (Å²) in [5, 5.41) is 1.28. The lowest BCUT2D eigenvalue weighted by molar-refractivity contribution is 0.0750. The van der Waals surface area contributed by atoms with E-state index in [1.54, 1.807) is 11.8 Å². The summed E-state index contributed by atoms with van der Waals surface area (Å²) in [7, 11) is -3.83. The van der Waals surface area contributed by atoms with Gasteiger partial charge in [-0.05, 0) is 55.5 Å². The van der Waals surface area contributed by atoms with Crippen LogP contribution in [0.1, 0.15) is 15.4 Å². The zero-order valence-corrected chi connectivity index (χ0v) is 20.2. The van der Waals surface area contributed by atoms with Crippen molar-refractivity contribution in [1.29, 1.82) is 0 Å². The molecule has 1 saturated heterocycles. The van der Waals surface area contributed by atoms with Crippen LogP contribution in [0.3, 0.4) is 0 Å². The Morgan fingerprint density at radius 1 is 0.969 bits per heavy atom. The molecule has 1 aliphatic heterocycles. The Bertz CT molecular complexity index is 1220. The Balaban J connectivity index is 1.43. The van der Waals surface area contributed by atoms with Crippen LogP contribution in [0.15, 0.2) is 53.4 Å². The number of amides is 1. The van der Waals surface area contributed by atoms with Crippen molar-refractivity contribution in [2.75, 3.05) is 35.8 Å². The molecule has 0 bridgehead atoms. The lowest BCUT2D eigenvalue weighted by Gasteiger charge is -2.36. The number of thiazole rings is 1. The van der Waals surface area contributed by atoms with Gasteiger partial charge < -0.3 is 9.80 Å². The van der Waals surface area contributed by atoms with Gasteiger partial charge in [-0.15, -0.1) is 0 Å². The number of halogens is 2. The number of hydrogen-bond acceptors (Lipinski definition) is 6. The average Bonchev–Trinajstić information content (AvgIpc) is 3.13. The topological polar surface area (TPSA) is 82.6 Å². The molecule has 2 aromatic carbocycles. The van der Waals surface area contributed by atoms with Gasteiger partial charge >= 0.3 is 0 Å². The van der Waals surface area contributed by atoms with Gasteiger partial charge in [-0.2, -0.15) is 0 Å². The number of piperazine rings is 1. The van der Waals surface area contributed by atoms with E-state index in [0.29, 0.717) is 46.8 Å². The van der Waals surface area contributed by atoms with Crippen molar-refractivity contribution < 1.29 is 13.2 Å². The van der Waals surface area contributed by atoms with Gasteiger partial charge in [0.2, 0.25) is 0 Å². The summed E-state index contributed by atoms with van der Waals surface area (Å²) in [5.74, 6) is -0.146. The molecule has 1 amide bonds. The van der Waals surface area contributed by atoms with Gasteiger partial charge in [-0.1, -0.05) is 34.5 Å². The average molecular weight is 511 g/mol. The number of rotatable bonds is 5. The van der Waals surface area contributed by atoms with E-state index in [1.165, 1.54) is 24.3 Å². The van der Waals surface area contributed by atoms with Gasteiger partial charge in [-0.3, -0.25) is 9.52 Å². The van der Waals surface area contributed by atoms with Crippen molar-refractivity contribution in [2.24, 2.45) is 0 Å². The SMILES string of the molecule is Cc1nc(NS(=O)(=O)c2ccc(Cl)cc2)sc1C(=O)N1CCN(c2ccc(Cl)cc2)CC1. The molecule has 0 unspecified atom stereocenters. The summed E-state index contributed by atoms with van der Waals surface area (Å²) in [6, 6.07) is 13.5. The van der Waals surface area contributed by atoms with Crippen LogP contribution in [0.4, 0.5) is 10.8 Å². The second kappa shape index (κ2) is 9.27. The van der Waals surface area contributed by atoms with E-state index in [-0.39, 0.29) is 15.9 Å². The van der Waals surface area contributed by atoms with Gasteiger partial charge in [0.05, 0.1) is 10.6 Å². The first kappa shape index (κ1) is 22.8. The summed E-state index contributed by atoms with van der Waals surface area (Å²) >= 11 is 12.8. The molecule has 1 fully saturated rings. The molecule has 2 heterocycles. The summed E-state index contributed by atoms with van der Waals surface area (Å²) in [6.45, 7) is 4.21. The number of hydrogen-bond donors (Lipinski definition) is 1. The zero-order valence-electron chi connectivity index (χ0n) is 17.1. The highest BCUT2D eigenvalue weighted by atomic mass is 35.5. The van der Waals surface area contributed by atoms with Crippen LogP contribution in [0.2, 0.25) is 10.0 Å². The number of carbonyl (C=O) groups excluding carboxylic acids is 1. The molecule has 0 atom stereocenters. The molecule has 11 heteroatoms. The summed E-state index contributed by atoms with van der Waals surface area (Å²) in [5.41, 5.74) is 1.56. The number of anilines is 2. The standard InChI is InChI=1S/C21H20Cl2N4O3S2/c1-14-19(31-21(24-14)25-32(29,30)18-8-4-16(23)5-9-18)20(28)27-12-10-26(11-13-27)17-6-2-15(22)3-7-17/h2-9H,10-13H2,1H3,(H,24,25). The maximum Gasteiger partial charge on any atom is 0.266 e. The summed E-state index contributed by atoms with van der Waals surface area (Å²) in [6.07, 6.45) is 0. The number of benzene rings is 2. The molecular weight excluding hydrogens is 491 g/mol. The van der Waals surface area contributed by atoms with Gasteiger partial charge in [-0.25, -0.2) is 13.4 Å². The fraction of sp³-hybridized carbons (Fsp3) is 0.238. The van der Waals surface area contributed by atoms with Crippen LogP contribution in [0.5, 0.6) is 0 Å². The maximum atomic E-state index is 13.1. The molecule has 0 spiro atoms. The number of nitrogens with zero attached hydrogens (tertiary/aromatic N) is 3. The minimum atomic E-state index is -3.83. The smallest absolute Gasteiger partial charge is 0.266 e. The first-order valence-electron chi connectivity index (χ1n) is 9.78. The van der Waals surface area contributed by atoms with E-state index >= 15 is 0 Å². The minimum absolute atomic E-state index is 0.0703. The molecule has 168 valence electrons. The largest absolute Gasteiger partial charge is 0.368 e. The van der Waals surface area contributed by atoms with Crippen molar-refractivity contribution in [3.63, 3.8) is 0 Å². The molecule has 0 radical (unpaired) electrons. The lowest BCUT2D eigenvalue weighted by atomic mass is 10.2. The molecule has 1 aromatic heterocycles. The Morgan fingerprint density at radius 3 is 2.12 bits per heavy atom. The van der Waals surface area contributed by atoms with Crippen LogP contribution in [0.25, 0.3) is 0 Å². The third kappa shape index (κ3) is 5.01. The monoisotopic (exact) mass is 510 g/mol. The lowest BCUT2D eigenvalue weighted by Crippen LogP contribution is -2.48. The van der Waals surface area contributed by atoms with Gasteiger partial charge in [0, 0.05) is 41.9 Å². The highest BCUT2D eigenvalue weighted by Crippen LogP contribution is 2.28. The molecule has 1 aliphatic rings. The predicted octanol–water partition coefficient (Wildman–Crippen LogP) is 4.52. The molecule has 4 rings (SSSR count). The highest BCUT2D eigenvalue weighted by Gasteiger charge is 2.26. The predicted molar refractivity (Wildman–Crippen MR) is 129 cm³/mol. The van der Waals surface area contributed by atoms with Crippen LogP contribution in [-0.2, 0) is 10.0 Å². The molecule has 3 aromatic rings. The van der Waals surface area contributed by atoms with Gasteiger partial charge in [0.25, 0.3) is 15.9 Å². The van der Waals surface area contributed by atoms with Crippen molar-refractivity contribution in [3.05, 3.63) is 69.1 Å². The van der Waals surface area contributed by atoms with Crippen LogP contribution < -0.4 is 9.62 Å². The molecule has 0 saturated carbocycles. The third-order valence-electron chi connectivity index (χ3n) is 5.10. The number of aryl methyl sites for hydroxylation is 1. The van der Waals surface area contributed by atoms with E-state index in [4.69, 9.17) is 23.2 Å². The molecule has 1 N–H and O–H groups in total. The van der Waals surface area contributed by atoms with Crippen LogP contribution >= 0.6 is 34.5 Å². The first-order chi connectivity index (χ1) is 15.2. The van der Waals surface area contributed by atoms with Crippen molar-refractivity contribution in [2.45, 2.75) is 11.8 Å². The molecule has 0 aliphatic carbocycles. The van der Waals surface area contributed by atoms with Crippen molar-refractivity contribution in [1.82, 2.24) is 9.88 Å². The number of sulfonamides is 1. The second-order valence-corrected chi connectivity index (χ2v) is 10.8. The molecular formula is C21H20Cl2N4O3S2. The Hall–Kier alpha value is -2.33. The van der Waals surface area contributed by atoms with Crippen molar-refractivity contribution >= 4 is 61.3 Å². The summed E-state index contributed by atoms with van der Waals surface area (Å²) < 4.78 is 27.7. The van der Waals surface area contributed by atoms with Crippen LogP contribution in [-0.4, -0.2) is 50.4 Å². The van der Waals surface area contributed by atoms with Crippen LogP contribution in [0, 0.1) is 6.92 Å². The first-order valence-corrected chi connectivity index (χ1v) is 12.8. The third-order valence-corrected chi connectivity index (χ3v) is 8.14. The van der Waals surface area contributed by atoms with E-state index in [9.17, 15) is 13.2 Å². The Kier molecular flexibility index (Phi) is 6.62. The minimum Gasteiger partial charge on any atom is -0.368 e. The quantitative estimate of drug-likeness (QED) is 0.545. The van der Waals surface area contributed by atoms with E-state index in [2.05, 4.69) is 14.6 Å². The molecule has 7 nitrogen and oxygen atoms in total. The maximum absolute atomic E-state index is 13.1. The zero-order chi connectivity index (χ0) is 22.9. The van der Waals surface area contributed by atoms with E-state index in [1.807, 2.05) is 24.3 Å². The number of carbonyl (C=O) groups is 1. The summed E-state index contributed by atoms with van der Waals surface area (Å²) in [4.78, 5) is 21.8. The van der Waals surface area contributed by atoms with Gasteiger partial charge in [0.1, 0.15) is 4.88 Å². The second-order valence-electron chi connectivity index (χ2n) is 7.25. The fourth-order valence-corrected chi connectivity index (χ4v) is 5.81. The number of nitrogens with one attached hydrogen (secondary N) is 1. The van der Waals surface area contributed by atoms with E-state index in [0.717, 1.165) is 17.0 Å².